The van der Waals surface area contributed by atoms with E-state index in [4.69, 9.17) is 14.2 Å². The van der Waals surface area contributed by atoms with E-state index < -0.39 is 18.2 Å². The van der Waals surface area contributed by atoms with Gasteiger partial charge in [-0.15, -0.1) is 0 Å². The van der Waals surface area contributed by atoms with E-state index in [0.717, 1.165) is 5.56 Å². The number of carbonyl (C=O) groups excluding carboxylic acids is 2. The van der Waals surface area contributed by atoms with Gasteiger partial charge in [0.25, 0.3) is 0 Å². The second kappa shape index (κ2) is 6.62. The summed E-state index contributed by atoms with van der Waals surface area (Å²) in [6.07, 6.45) is -1.53. The van der Waals surface area contributed by atoms with Gasteiger partial charge in [0.15, 0.2) is 6.10 Å². The average Bonchev–Trinajstić information content (AvgIpc) is 3.03. The molecule has 6 heteroatoms. The van der Waals surface area contributed by atoms with Gasteiger partial charge < -0.3 is 19.5 Å². The quantitative estimate of drug-likeness (QED) is 0.855. The van der Waals surface area contributed by atoms with Crippen molar-refractivity contribution in [3.63, 3.8) is 0 Å². The molecule has 1 N–H and O–H groups in total. The summed E-state index contributed by atoms with van der Waals surface area (Å²) in [5.74, 6) is 1.08. The smallest absolute Gasteiger partial charge is 0.408 e. The summed E-state index contributed by atoms with van der Waals surface area (Å²) in [7, 11) is 3.13. The summed E-state index contributed by atoms with van der Waals surface area (Å²) < 4.78 is 15.4. The van der Waals surface area contributed by atoms with Crippen molar-refractivity contribution in [2.75, 3.05) is 14.2 Å². The fraction of sp³-hybridized carbons (Fsp3) is 0.222. The highest BCUT2D eigenvalue weighted by Gasteiger charge is 2.40. The molecule has 1 amide bonds. The van der Waals surface area contributed by atoms with E-state index in [1.54, 1.807) is 62.8 Å². The molecule has 0 bridgehead atoms. The molecule has 1 aliphatic heterocycles. The lowest BCUT2D eigenvalue weighted by Gasteiger charge is -2.16. The van der Waals surface area contributed by atoms with Crippen LogP contribution >= 0.6 is 0 Å². The van der Waals surface area contributed by atoms with Gasteiger partial charge in [-0.2, -0.15) is 0 Å². The molecule has 3 rings (SSSR count). The zero-order valence-electron chi connectivity index (χ0n) is 13.3. The lowest BCUT2D eigenvalue weighted by molar-refractivity contribution is 0.0721. The molecule has 0 unspecified atom stereocenters. The van der Waals surface area contributed by atoms with E-state index >= 15 is 0 Å². The molecule has 2 atom stereocenters. The van der Waals surface area contributed by atoms with Crippen LogP contribution in [-0.2, 0) is 4.74 Å². The van der Waals surface area contributed by atoms with Gasteiger partial charge >= 0.3 is 6.09 Å². The van der Waals surface area contributed by atoms with E-state index in [0.29, 0.717) is 17.1 Å². The Balaban J connectivity index is 1.85. The molecular weight excluding hydrogens is 310 g/mol. The van der Waals surface area contributed by atoms with Crippen molar-refractivity contribution < 1.29 is 23.8 Å². The van der Waals surface area contributed by atoms with Gasteiger partial charge in [0, 0.05) is 5.56 Å². The van der Waals surface area contributed by atoms with Gasteiger partial charge in [0.2, 0.25) is 5.78 Å². The molecule has 124 valence electrons. The lowest BCUT2D eigenvalue weighted by atomic mass is 9.95. The van der Waals surface area contributed by atoms with E-state index in [2.05, 4.69) is 5.32 Å². The summed E-state index contributed by atoms with van der Waals surface area (Å²) in [6.45, 7) is 0. The first-order valence-electron chi connectivity index (χ1n) is 7.41. The highest BCUT2D eigenvalue weighted by Crippen LogP contribution is 2.29. The third-order valence-corrected chi connectivity index (χ3v) is 3.92. The number of hydrogen-bond acceptors (Lipinski definition) is 5. The first-order chi connectivity index (χ1) is 11.6. The molecule has 1 fully saturated rings. The molecule has 2 aromatic carbocycles. The normalized spacial score (nSPS) is 19.3. The second-order valence-corrected chi connectivity index (χ2v) is 5.31. The van der Waals surface area contributed by atoms with Crippen LogP contribution in [0.2, 0.25) is 0 Å². The Morgan fingerprint density at radius 2 is 1.50 bits per heavy atom. The van der Waals surface area contributed by atoms with Crippen LogP contribution in [0.15, 0.2) is 48.5 Å². The number of cyclic esters (lactones) is 1. The van der Waals surface area contributed by atoms with Crippen molar-refractivity contribution in [1.82, 2.24) is 5.32 Å². The van der Waals surface area contributed by atoms with Crippen LogP contribution in [0.3, 0.4) is 0 Å². The van der Waals surface area contributed by atoms with Crippen molar-refractivity contribution in [3.8, 4) is 11.5 Å². The summed E-state index contributed by atoms with van der Waals surface area (Å²) in [6, 6.07) is 13.3. The number of nitrogens with one attached hydrogen (secondary N) is 1. The topological polar surface area (TPSA) is 73.9 Å². The number of benzene rings is 2. The van der Waals surface area contributed by atoms with Gasteiger partial charge in [-0.1, -0.05) is 12.1 Å². The number of ketones is 1. The minimum Gasteiger partial charge on any atom is -0.497 e. The lowest BCUT2D eigenvalue weighted by Crippen LogP contribution is -2.29. The van der Waals surface area contributed by atoms with Gasteiger partial charge in [-0.25, -0.2) is 4.79 Å². The van der Waals surface area contributed by atoms with Gasteiger partial charge in [-0.05, 0) is 42.0 Å². The molecule has 6 nitrogen and oxygen atoms in total. The summed E-state index contributed by atoms with van der Waals surface area (Å²) >= 11 is 0. The maximum absolute atomic E-state index is 12.7. The Kier molecular flexibility index (Phi) is 4.37. The van der Waals surface area contributed by atoms with Crippen LogP contribution in [0.1, 0.15) is 22.0 Å². The van der Waals surface area contributed by atoms with E-state index in [-0.39, 0.29) is 5.78 Å². The number of amides is 1. The molecule has 0 radical (unpaired) electrons. The van der Waals surface area contributed by atoms with Crippen molar-refractivity contribution >= 4 is 11.9 Å². The highest BCUT2D eigenvalue weighted by molar-refractivity contribution is 6.02. The van der Waals surface area contributed by atoms with Crippen molar-refractivity contribution in [1.29, 1.82) is 0 Å². The largest absolute Gasteiger partial charge is 0.497 e. The van der Waals surface area contributed by atoms with Gasteiger partial charge in [-0.3, -0.25) is 4.79 Å². The molecule has 1 heterocycles. The Hall–Kier alpha value is -3.02. The number of Topliss-reactive ketones (excluding diaryl/α,β-unsaturated/α-hetero) is 1. The van der Waals surface area contributed by atoms with Gasteiger partial charge in [0.1, 0.15) is 17.5 Å². The third kappa shape index (κ3) is 3.03. The van der Waals surface area contributed by atoms with Gasteiger partial charge in [0.05, 0.1) is 14.2 Å². The van der Waals surface area contributed by atoms with E-state index in [1.807, 2.05) is 0 Å². The summed E-state index contributed by atoms with van der Waals surface area (Å²) in [5, 5.41) is 2.68. The van der Waals surface area contributed by atoms with Crippen LogP contribution in [0.25, 0.3) is 0 Å². The maximum Gasteiger partial charge on any atom is 0.408 e. The van der Waals surface area contributed by atoms with Crippen LogP contribution in [0.4, 0.5) is 4.79 Å². The zero-order valence-corrected chi connectivity index (χ0v) is 13.3. The SMILES string of the molecule is COc1ccc(C(=O)[C@H]2OC(=O)N[C@@H]2c2ccc(OC)cc2)cc1. The van der Waals surface area contributed by atoms with Crippen LogP contribution in [0.5, 0.6) is 11.5 Å². The Bertz CT molecular complexity index is 739. The summed E-state index contributed by atoms with van der Waals surface area (Å²) in [5.41, 5.74) is 1.23. The number of rotatable bonds is 5. The molecule has 1 aliphatic rings. The fourth-order valence-electron chi connectivity index (χ4n) is 2.61. The number of alkyl carbamates (subject to hydrolysis) is 1. The van der Waals surface area contributed by atoms with Crippen LogP contribution < -0.4 is 14.8 Å². The summed E-state index contributed by atoms with van der Waals surface area (Å²) in [4.78, 5) is 24.4. The molecular formula is C18H17NO5. The van der Waals surface area contributed by atoms with E-state index in [9.17, 15) is 9.59 Å². The third-order valence-electron chi connectivity index (χ3n) is 3.92. The van der Waals surface area contributed by atoms with Crippen molar-refractivity contribution in [3.05, 3.63) is 59.7 Å². The Morgan fingerprint density at radius 1 is 0.958 bits per heavy atom. The molecule has 0 saturated carbocycles. The zero-order chi connectivity index (χ0) is 17.1. The minimum atomic E-state index is -0.917. The first kappa shape index (κ1) is 15.9. The molecule has 24 heavy (non-hydrogen) atoms. The molecule has 0 spiro atoms. The van der Waals surface area contributed by atoms with E-state index in [1.165, 1.54) is 0 Å². The first-order valence-corrected chi connectivity index (χ1v) is 7.41. The number of carbonyl (C=O) groups is 2. The number of methoxy groups -OCH3 is 2. The minimum absolute atomic E-state index is 0.267. The van der Waals surface area contributed by atoms with Crippen molar-refractivity contribution in [2.24, 2.45) is 0 Å². The predicted octanol–water partition coefficient (Wildman–Crippen LogP) is 2.74. The van der Waals surface area contributed by atoms with Crippen molar-refractivity contribution in [2.45, 2.75) is 12.1 Å². The fourth-order valence-corrected chi connectivity index (χ4v) is 2.61. The molecule has 0 aromatic heterocycles. The Labute approximate surface area is 139 Å². The van der Waals surface area contributed by atoms with Crippen LogP contribution in [0, 0.1) is 0 Å². The highest BCUT2D eigenvalue weighted by atomic mass is 16.6. The maximum atomic E-state index is 12.7. The molecule has 0 aliphatic carbocycles. The number of ether oxygens (including phenoxy) is 3. The Morgan fingerprint density at radius 3 is 2.04 bits per heavy atom. The second-order valence-electron chi connectivity index (χ2n) is 5.31. The predicted molar refractivity (Wildman–Crippen MR) is 86.5 cm³/mol. The average molecular weight is 327 g/mol. The molecule has 2 aromatic rings. The van der Waals surface area contributed by atoms with Crippen LogP contribution in [-0.4, -0.2) is 32.2 Å². The monoisotopic (exact) mass is 327 g/mol. The number of hydrogen-bond donors (Lipinski definition) is 1. The standard InChI is InChI=1S/C18H17NO5/c1-22-13-7-3-11(4-8-13)15-17(24-18(21)19-15)16(20)12-5-9-14(23-2)10-6-12/h3-10,15,17H,1-2H3,(H,19,21)/t15-,17+/m1/s1. The molecule has 1 saturated heterocycles.